The van der Waals surface area contributed by atoms with Crippen molar-refractivity contribution in [1.82, 2.24) is 19.8 Å². The van der Waals surface area contributed by atoms with Crippen molar-refractivity contribution in [2.75, 3.05) is 19.6 Å². The molecule has 6 heteroatoms. The molecule has 1 aromatic heterocycles. The molecule has 1 aliphatic rings. The fourth-order valence-corrected chi connectivity index (χ4v) is 3.53. The number of nitrogens with zero attached hydrogens (tertiary/aromatic N) is 4. The van der Waals surface area contributed by atoms with E-state index in [0.717, 1.165) is 26.1 Å². The van der Waals surface area contributed by atoms with Crippen LogP contribution in [-0.4, -0.2) is 51.4 Å². The van der Waals surface area contributed by atoms with Crippen molar-refractivity contribution in [3.8, 4) is 0 Å². The Bertz CT molecular complexity index is 737. The van der Waals surface area contributed by atoms with Crippen molar-refractivity contribution in [1.29, 1.82) is 0 Å². The molecular formula is C19H23ClN4O. The molecule has 3 rings (SSSR count). The molecule has 1 amide bonds. The molecule has 1 atom stereocenters. The number of hydrogen-bond acceptors (Lipinski definition) is 4. The van der Waals surface area contributed by atoms with Crippen LogP contribution in [-0.2, 0) is 6.54 Å². The lowest BCUT2D eigenvalue weighted by molar-refractivity contribution is 0.0687. The van der Waals surface area contributed by atoms with Crippen LogP contribution in [0.1, 0.15) is 35.2 Å². The number of aryl methyl sites for hydroxylation is 1. The van der Waals surface area contributed by atoms with E-state index in [9.17, 15) is 4.79 Å². The average molecular weight is 359 g/mol. The quantitative estimate of drug-likeness (QED) is 0.823. The predicted octanol–water partition coefficient (Wildman–Crippen LogP) is 3.18. The molecule has 1 saturated heterocycles. The van der Waals surface area contributed by atoms with Gasteiger partial charge in [-0.05, 0) is 25.8 Å². The van der Waals surface area contributed by atoms with Crippen molar-refractivity contribution < 1.29 is 4.79 Å². The first-order valence-electron chi connectivity index (χ1n) is 8.65. The van der Waals surface area contributed by atoms with Gasteiger partial charge in [0.15, 0.2) is 5.69 Å². The van der Waals surface area contributed by atoms with E-state index in [4.69, 9.17) is 11.6 Å². The van der Waals surface area contributed by atoms with E-state index in [0.29, 0.717) is 23.1 Å². The highest BCUT2D eigenvalue weighted by molar-refractivity contribution is 6.33. The number of benzene rings is 1. The van der Waals surface area contributed by atoms with Crippen molar-refractivity contribution in [2.45, 2.75) is 32.9 Å². The number of aromatic nitrogens is 2. The van der Waals surface area contributed by atoms with Crippen LogP contribution in [0.5, 0.6) is 0 Å². The highest BCUT2D eigenvalue weighted by Crippen LogP contribution is 2.22. The molecule has 1 fully saturated rings. The summed E-state index contributed by atoms with van der Waals surface area (Å²) in [5.41, 5.74) is 1.60. The van der Waals surface area contributed by atoms with Crippen LogP contribution in [0.25, 0.3) is 0 Å². The maximum Gasteiger partial charge on any atom is 0.274 e. The molecular weight excluding hydrogens is 336 g/mol. The van der Waals surface area contributed by atoms with E-state index in [2.05, 4.69) is 39.1 Å². The van der Waals surface area contributed by atoms with Gasteiger partial charge in [-0.15, -0.1) is 0 Å². The normalized spacial score (nSPS) is 17.6. The van der Waals surface area contributed by atoms with E-state index in [1.165, 1.54) is 11.8 Å². The summed E-state index contributed by atoms with van der Waals surface area (Å²) in [4.78, 5) is 25.5. The third-order valence-corrected chi connectivity index (χ3v) is 4.88. The number of rotatable bonds is 5. The third-order valence-electron chi connectivity index (χ3n) is 4.61. The number of likely N-dealkylation sites (tertiary alicyclic amines) is 1. The number of likely N-dealkylation sites (N-methyl/N-ethyl adjacent to an activating group) is 1. The van der Waals surface area contributed by atoms with E-state index in [-0.39, 0.29) is 11.9 Å². The highest BCUT2D eigenvalue weighted by Gasteiger charge is 2.31. The molecule has 0 radical (unpaired) electrons. The Kier molecular flexibility index (Phi) is 5.66. The lowest BCUT2D eigenvalue weighted by Gasteiger charge is -2.28. The Hall–Kier alpha value is -1.98. The molecule has 1 aromatic carbocycles. The largest absolute Gasteiger partial charge is 0.333 e. The molecule has 132 valence electrons. The van der Waals surface area contributed by atoms with E-state index in [1.54, 1.807) is 6.92 Å². The summed E-state index contributed by atoms with van der Waals surface area (Å²) in [6, 6.07) is 10.6. The second-order valence-electron chi connectivity index (χ2n) is 6.37. The molecule has 0 bridgehead atoms. The first-order valence-corrected chi connectivity index (χ1v) is 9.02. The molecule has 0 saturated carbocycles. The van der Waals surface area contributed by atoms with Gasteiger partial charge in [0, 0.05) is 32.2 Å². The average Bonchev–Trinajstić information content (AvgIpc) is 3.06. The van der Waals surface area contributed by atoms with Gasteiger partial charge in [0.25, 0.3) is 5.91 Å². The van der Waals surface area contributed by atoms with Crippen LogP contribution in [0.3, 0.4) is 0 Å². The van der Waals surface area contributed by atoms with Gasteiger partial charge < -0.3 is 4.90 Å². The van der Waals surface area contributed by atoms with Crippen LogP contribution in [0.4, 0.5) is 0 Å². The summed E-state index contributed by atoms with van der Waals surface area (Å²) in [6.07, 6.45) is 2.47. The van der Waals surface area contributed by atoms with Gasteiger partial charge >= 0.3 is 0 Å². The van der Waals surface area contributed by atoms with Gasteiger partial charge in [0.1, 0.15) is 5.82 Å². The standard InChI is InChI=1S/C19H23ClN4O/c1-3-24(19(25)18-17(20)11-21-14(2)22-18)16-9-10-23(13-16)12-15-7-5-4-6-8-15/h4-8,11,16H,3,9-10,12-13H2,1-2H3. The molecule has 1 unspecified atom stereocenters. The van der Waals surface area contributed by atoms with Crippen molar-refractivity contribution in [3.05, 3.63) is 58.6 Å². The van der Waals surface area contributed by atoms with Gasteiger partial charge in [-0.2, -0.15) is 0 Å². The van der Waals surface area contributed by atoms with Crippen molar-refractivity contribution in [2.24, 2.45) is 0 Å². The Balaban J connectivity index is 1.69. The third kappa shape index (κ3) is 4.17. The Morgan fingerprint density at radius 1 is 1.36 bits per heavy atom. The number of amides is 1. The molecule has 1 aliphatic heterocycles. The van der Waals surface area contributed by atoms with Gasteiger partial charge in [-0.25, -0.2) is 9.97 Å². The molecule has 2 aromatic rings. The number of halogens is 1. The van der Waals surface area contributed by atoms with Crippen LogP contribution < -0.4 is 0 Å². The molecule has 5 nitrogen and oxygen atoms in total. The van der Waals surface area contributed by atoms with Crippen molar-refractivity contribution >= 4 is 17.5 Å². The van der Waals surface area contributed by atoms with Crippen LogP contribution >= 0.6 is 11.6 Å². The first-order chi connectivity index (χ1) is 12.1. The highest BCUT2D eigenvalue weighted by atomic mass is 35.5. The monoisotopic (exact) mass is 358 g/mol. The molecule has 0 spiro atoms. The molecule has 0 N–H and O–H groups in total. The maximum atomic E-state index is 12.9. The Labute approximate surface area is 153 Å². The lowest BCUT2D eigenvalue weighted by Crippen LogP contribution is -2.42. The van der Waals surface area contributed by atoms with Gasteiger partial charge in [0.2, 0.25) is 0 Å². The molecule has 0 aliphatic carbocycles. The van der Waals surface area contributed by atoms with E-state index in [1.807, 2.05) is 17.9 Å². The van der Waals surface area contributed by atoms with Gasteiger partial charge in [-0.1, -0.05) is 41.9 Å². The lowest BCUT2D eigenvalue weighted by atomic mass is 10.2. The zero-order chi connectivity index (χ0) is 17.8. The predicted molar refractivity (Wildman–Crippen MR) is 98.6 cm³/mol. The maximum absolute atomic E-state index is 12.9. The van der Waals surface area contributed by atoms with Gasteiger partial charge in [0.05, 0.1) is 11.2 Å². The smallest absolute Gasteiger partial charge is 0.274 e. The van der Waals surface area contributed by atoms with E-state index >= 15 is 0 Å². The minimum atomic E-state index is -0.107. The number of hydrogen-bond donors (Lipinski definition) is 0. The van der Waals surface area contributed by atoms with Crippen LogP contribution in [0.15, 0.2) is 36.5 Å². The number of carbonyl (C=O) groups excluding carboxylic acids is 1. The number of carbonyl (C=O) groups is 1. The summed E-state index contributed by atoms with van der Waals surface area (Å²) < 4.78 is 0. The zero-order valence-corrected chi connectivity index (χ0v) is 15.4. The summed E-state index contributed by atoms with van der Waals surface area (Å²) >= 11 is 6.15. The fourth-order valence-electron chi connectivity index (χ4n) is 3.36. The minimum Gasteiger partial charge on any atom is -0.333 e. The zero-order valence-electron chi connectivity index (χ0n) is 14.7. The SMILES string of the molecule is CCN(C(=O)c1nc(C)ncc1Cl)C1CCN(Cc2ccccc2)C1. The summed E-state index contributed by atoms with van der Waals surface area (Å²) in [7, 11) is 0. The minimum absolute atomic E-state index is 0.107. The second-order valence-corrected chi connectivity index (χ2v) is 6.78. The Morgan fingerprint density at radius 3 is 2.84 bits per heavy atom. The van der Waals surface area contributed by atoms with Crippen molar-refractivity contribution in [3.63, 3.8) is 0 Å². The fraction of sp³-hybridized carbons (Fsp3) is 0.421. The molecule has 25 heavy (non-hydrogen) atoms. The topological polar surface area (TPSA) is 49.3 Å². The Morgan fingerprint density at radius 2 is 2.12 bits per heavy atom. The summed E-state index contributed by atoms with van der Waals surface area (Å²) in [6.45, 7) is 7.18. The summed E-state index contributed by atoms with van der Waals surface area (Å²) in [5, 5.41) is 0.313. The van der Waals surface area contributed by atoms with E-state index < -0.39 is 0 Å². The summed E-state index contributed by atoms with van der Waals surface area (Å²) in [5.74, 6) is 0.450. The second kappa shape index (κ2) is 7.93. The van der Waals surface area contributed by atoms with Crippen LogP contribution in [0.2, 0.25) is 5.02 Å². The van der Waals surface area contributed by atoms with Crippen LogP contribution in [0, 0.1) is 6.92 Å². The van der Waals surface area contributed by atoms with Gasteiger partial charge in [-0.3, -0.25) is 9.69 Å². The molecule has 2 heterocycles. The first kappa shape index (κ1) is 17.8.